The van der Waals surface area contributed by atoms with Gasteiger partial charge >= 0.3 is 0 Å². The molecule has 28 heavy (non-hydrogen) atoms. The van der Waals surface area contributed by atoms with Crippen LogP contribution in [0.5, 0.6) is 5.75 Å². The van der Waals surface area contributed by atoms with Gasteiger partial charge in [0.1, 0.15) is 5.75 Å². The number of carbonyl (C=O) groups is 1. The van der Waals surface area contributed by atoms with E-state index in [1.807, 2.05) is 60.0 Å². The topological polar surface area (TPSA) is 51.2 Å². The zero-order chi connectivity index (χ0) is 20.4. The summed E-state index contributed by atoms with van der Waals surface area (Å²) in [5.41, 5.74) is 2.14. The number of carbonyl (C=O) groups excluding carboxylic acids is 1. The normalized spacial score (nSPS) is 11.9. The van der Waals surface area contributed by atoms with Gasteiger partial charge in [-0.1, -0.05) is 63.2 Å². The van der Waals surface area contributed by atoms with Crippen molar-refractivity contribution in [3.63, 3.8) is 0 Å². The van der Waals surface area contributed by atoms with E-state index in [-0.39, 0.29) is 11.3 Å². The Morgan fingerprint density at radius 3 is 2.21 bits per heavy atom. The quantitative estimate of drug-likeness (QED) is 0.586. The molecule has 5 heteroatoms. The molecule has 0 saturated heterocycles. The predicted octanol–water partition coefficient (Wildman–Crippen LogP) is 5.90. The molecule has 3 rings (SSSR count). The molecule has 0 spiro atoms. The van der Waals surface area contributed by atoms with Crippen molar-refractivity contribution in [2.45, 2.75) is 45.6 Å². The molecule has 0 aliphatic carbocycles. The minimum absolute atomic E-state index is 0.0761. The number of hydrogen-bond acceptors (Lipinski definition) is 4. The molecule has 0 radical (unpaired) electrons. The summed E-state index contributed by atoms with van der Waals surface area (Å²) in [6.45, 7) is 10.0. The maximum Gasteiger partial charge on any atom is 0.269 e. The molecule has 3 aromatic rings. The summed E-state index contributed by atoms with van der Waals surface area (Å²) in [5.74, 6) is 0.429. The first kappa shape index (κ1) is 20.1. The van der Waals surface area contributed by atoms with Gasteiger partial charge in [-0.15, -0.1) is 11.3 Å². The van der Waals surface area contributed by atoms with Crippen molar-refractivity contribution in [2.75, 3.05) is 5.32 Å². The Hall–Kier alpha value is -2.66. The fraction of sp³-hybridized carbons (Fsp3) is 0.304. The number of ether oxygens (including phenoxy) is 1. The summed E-state index contributed by atoms with van der Waals surface area (Å²) in [4.78, 5) is 17.3. The first-order valence-electron chi connectivity index (χ1n) is 9.27. The van der Waals surface area contributed by atoms with Crippen LogP contribution in [0.4, 0.5) is 5.13 Å². The summed E-state index contributed by atoms with van der Waals surface area (Å²) in [6, 6.07) is 17.8. The van der Waals surface area contributed by atoms with Gasteiger partial charge in [-0.05, 0) is 37.0 Å². The Labute approximate surface area is 170 Å². The van der Waals surface area contributed by atoms with E-state index >= 15 is 0 Å². The fourth-order valence-corrected chi connectivity index (χ4v) is 3.40. The molecule has 0 aliphatic rings. The maximum absolute atomic E-state index is 12.7. The molecule has 0 fully saturated rings. The van der Waals surface area contributed by atoms with Crippen molar-refractivity contribution >= 4 is 22.4 Å². The summed E-state index contributed by atoms with van der Waals surface area (Å²) in [5, 5.41) is 5.37. The molecule has 0 atom stereocenters. The van der Waals surface area contributed by atoms with Crippen LogP contribution in [-0.4, -0.2) is 16.5 Å². The molecular formula is C23H26N2O2S. The first-order valence-corrected chi connectivity index (χ1v) is 10.1. The smallest absolute Gasteiger partial charge is 0.269 e. The summed E-state index contributed by atoms with van der Waals surface area (Å²) in [7, 11) is 0. The summed E-state index contributed by atoms with van der Waals surface area (Å²) >= 11 is 1.40. The van der Waals surface area contributed by atoms with Crippen molar-refractivity contribution in [1.29, 1.82) is 0 Å². The van der Waals surface area contributed by atoms with Gasteiger partial charge in [0.15, 0.2) is 10.7 Å². The molecule has 2 aromatic carbocycles. The Morgan fingerprint density at radius 1 is 0.964 bits per heavy atom. The lowest BCUT2D eigenvalue weighted by molar-refractivity contribution is -0.128. The van der Waals surface area contributed by atoms with Gasteiger partial charge < -0.3 is 4.74 Å². The summed E-state index contributed by atoms with van der Waals surface area (Å²) in [6.07, 6.45) is 0. The van der Waals surface area contributed by atoms with Crippen LogP contribution in [0.2, 0.25) is 0 Å². The third-order valence-corrected chi connectivity index (χ3v) is 5.19. The van der Waals surface area contributed by atoms with Gasteiger partial charge in [-0.2, -0.15) is 0 Å². The second-order valence-corrected chi connectivity index (χ2v) is 9.10. The Balaban J connectivity index is 1.67. The number of benzene rings is 2. The molecular weight excluding hydrogens is 368 g/mol. The average molecular weight is 395 g/mol. The number of thiazole rings is 1. The summed E-state index contributed by atoms with van der Waals surface area (Å²) < 4.78 is 5.96. The Bertz CT molecular complexity index is 939. The SMILES string of the molecule is CC(C)(Oc1ccc(C(C)(C)C)cc1)C(=O)Nc1nc(-c2ccccc2)cs1. The van der Waals surface area contributed by atoms with Crippen LogP contribution < -0.4 is 10.1 Å². The van der Waals surface area contributed by atoms with Gasteiger partial charge in [0.2, 0.25) is 0 Å². The largest absolute Gasteiger partial charge is 0.478 e. The highest BCUT2D eigenvalue weighted by Gasteiger charge is 2.31. The molecule has 146 valence electrons. The van der Waals surface area contributed by atoms with Crippen LogP contribution in [0, 0.1) is 0 Å². The number of rotatable bonds is 5. The number of amides is 1. The lowest BCUT2D eigenvalue weighted by atomic mass is 9.87. The van der Waals surface area contributed by atoms with E-state index in [2.05, 4.69) is 31.1 Å². The molecule has 0 unspecified atom stereocenters. The molecule has 0 bridgehead atoms. The number of hydrogen-bond donors (Lipinski definition) is 1. The van der Waals surface area contributed by atoms with Crippen LogP contribution in [0.25, 0.3) is 11.3 Å². The first-order chi connectivity index (χ1) is 13.1. The van der Waals surface area contributed by atoms with E-state index in [0.717, 1.165) is 11.3 Å². The van der Waals surface area contributed by atoms with Gasteiger partial charge in [-0.25, -0.2) is 4.98 Å². The third-order valence-electron chi connectivity index (χ3n) is 4.43. The van der Waals surface area contributed by atoms with Gasteiger partial charge in [-0.3, -0.25) is 10.1 Å². The fourth-order valence-electron chi connectivity index (χ4n) is 2.68. The van der Waals surface area contributed by atoms with E-state index in [9.17, 15) is 4.79 Å². The van der Waals surface area contributed by atoms with E-state index in [1.165, 1.54) is 16.9 Å². The number of anilines is 1. The van der Waals surface area contributed by atoms with Crippen molar-refractivity contribution < 1.29 is 9.53 Å². The van der Waals surface area contributed by atoms with Crippen LogP contribution in [0.1, 0.15) is 40.2 Å². The zero-order valence-electron chi connectivity index (χ0n) is 16.9. The molecule has 0 aliphatic heterocycles. The highest BCUT2D eigenvalue weighted by atomic mass is 32.1. The molecule has 1 amide bonds. The van der Waals surface area contributed by atoms with Crippen LogP contribution in [0.15, 0.2) is 60.0 Å². The molecule has 1 heterocycles. The molecule has 1 N–H and O–H groups in total. The monoisotopic (exact) mass is 394 g/mol. The highest BCUT2D eigenvalue weighted by molar-refractivity contribution is 7.14. The Kier molecular flexibility index (Phi) is 5.57. The minimum Gasteiger partial charge on any atom is -0.478 e. The third kappa shape index (κ3) is 4.78. The van der Waals surface area contributed by atoms with E-state index < -0.39 is 5.60 Å². The Morgan fingerprint density at radius 2 is 1.61 bits per heavy atom. The van der Waals surface area contributed by atoms with Crippen molar-refractivity contribution in [1.82, 2.24) is 4.98 Å². The van der Waals surface area contributed by atoms with Gasteiger partial charge in [0.05, 0.1) is 5.69 Å². The minimum atomic E-state index is -1.03. The van der Waals surface area contributed by atoms with E-state index in [1.54, 1.807) is 13.8 Å². The van der Waals surface area contributed by atoms with Crippen molar-refractivity contribution in [2.24, 2.45) is 0 Å². The van der Waals surface area contributed by atoms with Crippen molar-refractivity contribution in [3.8, 4) is 17.0 Å². The second-order valence-electron chi connectivity index (χ2n) is 8.24. The van der Waals surface area contributed by atoms with Gasteiger partial charge in [0, 0.05) is 10.9 Å². The number of nitrogens with zero attached hydrogens (tertiary/aromatic N) is 1. The number of aromatic nitrogens is 1. The molecule has 0 saturated carbocycles. The second kappa shape index (κ2) is 7.76. The lowest BCUT2D eigenvalue weighted by Crippen LogP contribution is -2.42. The van der Waals surface area contributed by atoms with Crippen LogP contribution in [0.3, 0.4) is 0 Å². The van der Waals surface area contributed by atoms with E-state index in [0.29, 0.717) is 10.9 Å². The van der Waals surface area contributed by atoms with E-state index in [4.69, 9.17) is 4.74 Å². The van der Waals surface area contributed by atoms with Crippen molar-refractivity contribution in [3.05, 3.63) is 65.5 Å². The molecule has 1 aromatic heterocycles. The van der Waals surface area contributed by atoms with Crippen LogP contribution >= 0.6 is 11.3 Å². The predicted molar refractivity (Wildman–Crippen MR) is 116 cm³/mol. The zero-order valence-corrected chi connectivity index (χ0v) is 17.8. The lowest BCUT2D eigenvalue weighted by Gasteiger charge is -2.25. The molecule has 4 nitrogen and oxygen atoms in total. The number of nitrogens with one attached hydrogen (secondary N) is 1. The van der Waals surface area contributed by atoms with Crippen LogP contribution in [-0.2, 0) is 10.2 Å². The maximum atomic E-state index is 12.7. The highest BCUT2D eigenvalue weighted by Crippen LogP contribution is 2.28. The average Bonchev–Trinajstić information content (AvgIpc) is 3.10. The van der Waals surface area contributed by atoms with Gasteiger partial charge in [0.25, 0.3) is 5.91 Å². The standard InChI is InChI=1S/C23H26N2O2S/c1-22(2,3)17-11-13-18(14-12-17)27-23(4,5)20(26)25-21-24-19(15-28-21)16-9-7-6-8-10-16/h6-15H,1-5H3,(H,24,25,26).